The maximum Gasteiger partial charge on any atom is 0.317 e. The van der Waals surface area contributed by atoms with Gasteiger partial charge in [-0.2, -0.15) is 0 Å². The lowest BCUT2D eigenvalue weighted by atomic mass is 10.0. The number of carbonyl (C=O) groups excluding carboxylic acids is 1. The van der Waals surface area contributed by atoms with Crippen molar-refractivity contribution in [3.05, 3.63) is 48.5 Å². The molecule has 0 aliphatic rings. The van der Waals surface area contributed by atoms with Gasteiger partial charge in [-0.25, -0.2) is 0 Å². The minimum atomic E-state index is -0.375. The Balaban J connectivity index is 2.75. The maximum atomic E-state index is 11.9. The van der Waals surface area contributed by atoms with Crippen molar-refractivity contribution in [1.82, 2.24) is 0 Å². The van der Waals surface area contributed by atoms with Crippen LogP contribution in [0.1, 0.15) is 31.9 Å². The van der Waals surface area contributed by atoms with E-state index in [1.165, 1.54) is 0 Å². The molecule has 3 nitrogen and oxygen atoms in total. The maximum absolute atomic E-state index is 11.9. The number of ether oxygens (including phenoxy) is 1. The molecule has 1 aromatic rings. The molecule has 0 spiro atoms. The largest absolute Gasteiger partial charge is 0.468 e. The second kappa shape index (κ2) is 6.74. The summed E-state index contributed by atoms with van der Waals surface area (Å²) in [6.45, 7) is 7.73. The molecule has 0 saturated carbocycles. The molecule has 1 heterocycles. The molecule has 1 aromatic heterocycles. The van der Waals surface area contributed by atoms with Crippen LogP contribution in [0.4, 0.5) is 0 Å². The molecule has 0 aliphatic carbocycles. The molecule has 0 fully saturated rings. The van der Waals surface area contributed by atoms with Crippen LogP contribution in [0.2, 0.25) is 0 Å². The highest BCUT2D eigenvalue weighted by Crippen LogP contribution is 2.23. The van der Waals surface area contributed by atoms with Gasteiger partial charge in [0.05, 0.1) is 6.26 Å². The summed E-state index contributed by atoms with van der Waals surface area (Å²) in [6, 6.07) is 3.56. The average molecular weight is 234 g/mol. The first kappa shape index (κ1) is 13.3. The van der Waals surface area contributed by atoms with Gasteiger partial charge in [0.15, 0.2) is 0 Å². The summed E-state index contributed by atoms with van der Waals surface area (Å²) in [7, 11) is 0. The highest BCUT2D eigenvalue weighted by atomic mass is 16.5. The van der Waals surface area contributed by atoms with E-state index in [1.807, 2.05) is 19.9 Å². The molecule has 3 heteroatoms. The first-order chi connectivity index (χ1) is 8.15. The Labute approximate surface area is 102 Å². The van der Waals surface area contributed by atoms with Crippen molar-refractivity contribution >= 4 is 5.97 Å². The first-order valence-corrected chi connectivity index (χ1v) is 5.59. The SMILES string of the molecule is C=CCOC(=O)C(CC=C(C)C)c1ccco1. The van der Waals surface area contributed by atoms with Gasteiger partial charge in [0.2, 0.25) is 0 Å². The van der Waals surface area contributed by atoms with Crippen LogP contribution in [0.25, 0.3) is 0 Å². The monoisotopic (exact) mass is 234 g/mol. The van der Waals surface area contributed by atoms with E-state index in [0.717, 1.165) is 5.57 Å². The Hall–Kier alpha value is -1.77. The molecule has 0 amide bonds. The van der Waals surface area contributed by atoms with Crippen molar-refractivity contribution in [2.75, 3.05) is 6.61 Å². The Morgan fingerprint density at radius 2 is 2.35 bits per heavy atom. The topological polar surface area (TPSA) is 39.4 Å². The van der Waals surface area contributed by atoms with E-state index in [2.05, 4.69) is 6.58 Å². The van der Waals surface area contributed by atoms with Gasteiger partial charge >= 0.3 is 5.97 Å². The Bertz CT molecular complexity index is 384. The van der Waals surface area contributed by atoms with Gasteiger partial charge in [-0.05, 0) is 32.4 Å². The van der Waals surface area contributed by atoms with Crippen LogP contribution >= 0.6 is 0 Å². The Morgan fingerprint density at radius 3 is 2.88 bits per heavy atom. The smallest absolute Gasteiger partial charge is 0.317 e. The van der Waals surface area contributed by atoms with E-state index in [9.17, 15) is 4.79 Å². The van der Waals surface area contributed by atoms with E-state index in [4.69, 9.17) is 9.15 Å². The third-order valence-electron chi connectivity index (χ3n) is 2.28. The summed E-state index contributed by atoms with van der Waals surface area (Å²) >= 11 is 0. The molecule has 92 valence electrons. The minimum absolute atomic E-state index is 0.227. The zero-order chi connectivity index (χ0) is 12.7. The fraction of sp³-hybridized carbons (Fsp3) is 0.357. The summed E-state index contributed by atoms with van der Waals surface area (Å²) in [5.41, 5.74) is 1.16. The molecular formula is C14H18O3. The standard InChI is InChI=1S/C14H18O3/c1-4-9-17-14(15)12(8-7-11(2)3)13-6-5-10-16-13/h4-7,10,12H,1,8-9H2,2-3H3. The molecule has 1 atom stereocenters. The number of esters is 1. The molecule has 0 bridgehead atoms. The lowest BCUT2D eigenvalue weighted by molar-refractivity contribution is -0.144. The molecule has 0 aliphatic heterocycles. The van der Waals surface area contributed by atoms with Gasteiger partial charge < -0.3 is 9.15 Å². The highest BCUT2D eigenvalue weighted by molar-refractivity contribution is 5.77. The van der Waals surface area contributed by atoms with Crippen molar-refractivity contribution in [2.24, 2.45) is 0 Å². The van der Waals surface area contributed by atoms with Gasteiger partial charge in [0.25, 0.3) is 0 Å². The summed E-state index contributed by atoms with van der Waals surface area (Å²) in [6.07, 6.45) is 5.71. The second-order valence-corrected chi connectivity index (χ2v) is 4.00. The predicted molar refractivity (Wildman–Crippen MR) is 66.7 cm³/mol. The highest BCUT2D eigenvalue weighted by Gasteiger charge is 2.23. The molecule has 17 heavy (non-hydrogen) atoms. The number of furan rings is 1. The predicted octanol–water partition coefficient (Wildman–Crippen LogP) is 3.45. The number of hydrogen-bond donors (Lipinski definition) is 0. The van der Waals surface area contributed by atoms with Crippen LogP contribution in [0, 0.1) is 0 Å². The third kappa shape index (κ3) is 4.31. The van der Waals surface area contributed by atoms with Crippen molar-refractivity contribution in [2.45, 2.75) is 26.2 Å². The number of hydrogen-bond acceptors (Lipinski definition) is 3. The minimum Gasteiger partial charge on any atom is -0.468 e. The number of allylic oxidation sites excluding steroid dienone is 2. The summed E-state index contributed by atoms with van der Waals surface area (Å²) in [4.78, 5) is 11.9. The molecule has 1 unspecified atom stereocenters. The molecule has 0 radical (unpaired) electrons. The number of carbonyl (C=O) groups is 1. The van der Waals surface area contributed by atoms with E-state index < -0.39 is 0 Å². The summed E-state index contributed by atoms with van der Waals surface area (Å²) < 4.78 is 10.3. The molecule has 0 saturated heterocycles. The zero-order valence-electron chi connectivity index (χ0n) is 10.3. The third-order valence-corrected chi connectivity index (χ3v) is 2.28. The molecule has 1 rings (SSSR count). The van der Waals surface area contributed by atoms with Crippen molar-refractivity contribution in [3.8, 4) is 0 Å². The van der Waals surface area contributed by atoms with Crippen molar-refractivity contribution in [3.63, 3.8) is 0 Å². The van der Waals surface area contributed by atoms with E-state index >= 15 is 0 Å². The average Bonchev–Trinajstić information content (AvgIpc) is 2.79. The quantitative estimate of drug-likeness (QED) is 0.559. The van der Waals surface area contributed by atoms with Crippen LogP contribution < -0.4 is 0 Å². The van der Waals surface area contributed by atoms with Crippen LogP contribution in [0.3, 0.4) is 0 Å². The van der Waals surface area contributed by atoms with Gasteiger partial charge in [0.1, 0.15) is 18.3 Å². The van der Waals surface area contributed by atoms with Crippen LogP contribution in [-0.2, 0) is 9.53 Å². The molecular weight excluding hydrogens is 216 g/mol. The van der Waals surface area contributed by atoms with Gasteiger partial charge in [0, 0.05) is 0 Å². The normalized spacial score (nSPS) is 11.6. The summed E-state index contributed by atoms with van der Waals surface area (Å²) in [5.74, 6) is -0.0197. The first-order valence-electron chi connectivity index (χ1n) is 5.59. The van der Waals surface area contributed by atoms with E-state index in [-0.39, 0.29) is 18.5 Å². The van der Waals surface area contributed by atoms with Gasteiger partial charge in [-0.3, -0.25) is 4.79 Å². The fourth-order valence-electron chi connectivity index (χ4n) is 1.41. The second-order valence-electron chi connectivity index (χ2n) is 4.00. The van der Waals surface area contributed by atoms with Crippen LogP contribution in [0.15, 0.2) is 47.1 Å². The summed E-state index contributed by atoms with van der Waals surface area (Å²) in [5, 5.41) is 0. The van der Waals surface area contributed by atoms with Crippen molar-refractivity contribution in [1.29, 1.82) is 0 Å². The van der Waals surface area contributed by atoms with Crippen LogP contribution in [-0.4, -0.2) is 12.6 Å². The fourth-order valence-corrected chi connectivity index (χ4v) is 1.41. The van der Waals surface area contributed by atoms with Gasteiger partial charge in [-0.1, -0.05) is 24.3 Å². The molecule has 0 N–H and O–H groups in total. The van der Waals surface area contributed by atoms with Crippen molar-refractivity contribution < 1.29 is 13.9 Å². The lowest BCUT2D eigenvalue weighted by Crippen LogP contribution is -2.15. The Kier molecular flexibility index (Phi) is 5.27. The van der Waals surface area contributed by atoms with E-state index in [1.54, 1.807) is 24.5 Å². The van der Waals surface area contributed by atoms with Gasteiger partial charge in [-0.15, -0.1) is 0 Å². The van der Waals surface area contributed by atoms with Crippen LogP contribution in [0.5, 0.6) is 0 Å². The lowest BCUT2D eigenvalue weighted by Gasteiger charge is -2.11. The zero-order valence-corrected chi connectivity index (χ0v) is 10.3. The Morgan fingerprint density at radius 1 is 1.59 bits per heavy atom. The van der Waals surface area contributed by atoms with E-state index in [0.29, 0.717) is 12.2 Å². The molecule has 0 aromatic carbocycles. The number of rotatable bonds is 6.